The van der Waals surface area contributed by atoms with E-state index in [2.05, 4.69) is 114 Å². The molecule has 11 fully saturated rings. The smallest absolute Gasteiger partial charge is 1.00 e. The van der Waals surface area contributed by atoms with Gasteiger partial charge in [-0.05, 0) is 292 Å². The molecule has 0 aliphatic heterocycles. The van der Waals surface area contributed by atoms with E-state index in [1.165, 1.54) is 32.1 Å². The Morgan fingerprint density at radius 2 is 0.670 bits per heavy atom. The van der Waals surface area contributed by atoms with Crippen molar-refractivity contribution < 1.29 is 115 Å². The monoisotopic (exact) mass is 1240 g/mol. The van der Waals surface area contributed by atoms with E-state index in [9.17, 15) is 34.5 Å². The van der Waals surface area contributed by atoms with Crippen LogP contribution in [0.1, 0.15) is 206 Å². The first-order valence-corrected chi connectivity index (χ1v) is 32.7. The number of carbonyl (C=O) groups is 5. The Kier molecular flexibility index (Phi) is 21.4. The number of fused-ring (bicyclic) bond motifs is 32. The molecule has 0 radical (unpaired) electrons. The number of allylic oxidation sites excluding steroid dienone is 11. The molecule has 15 aliphatic rings. The van der Waals surface area contributed by atoms with E-state index in [1.54, 1.807) is 65.4 Å². The molecule has 25 atom stereocenters. The second-order valence-corrected chi connectivity index (χ2v) is 32.8. The van der Waals surface area contributed by atoms with Crippen molar-refractivity contribution in [3.05, 3.63) is 67.9 Å². The zero-order chi connectivity index (χ0) is 62.3. The van der Waals surface area contributed by atoms with E-state index in [0.29, 0.717) is 76.6 Å². The molecule has 482 valence electrons. The van der Waals surface area contributed by atoms with Crippen LogP contribution < -0.4 is 64.4 Å². The van der Waals surface area contributed by atoms with Crippen LogP contribution in [0.4, 0.5) is 0 Å². The molecule has 0 aromatic heterocycles. The van der Waals surface area contributed by atoms with Gasteiger partial charge in [0.2, 0.25) is 0 Å². The number of carbonyl (C=O) groups excluding carboxylic acids is 1. The number of hydrogen-bond acceptors (Lipinski definition) is 7. The van der Waals surface area contributed by atoms with Crippen LogP contribution in [-0.4, -0.2) is 50.8 Å². The second-order valence-electron chi connectivity index (χ2n) is 32.8. The first-order chi connectivity index (χ1) is 38.9. The maximum absolute atomic E-state index is 12.1. The molecule has 0 aromatic rings. The molecule has 0 aromatic carbocycles. The zero-order valence-corrected chi connectivity index (χ0v) is 60.7. The molecule has 15 aliphatic carbocycles. The van der Waals surface area contributed by atoms with Gasteiger partial charge >= 0.3 is 83.0 Å². The standard InChI is InChI=1S/3C18H26O2.C12H16.C6H10O2.CH2O3.2CH4.2Na.H/c3*1-8-9(2)11-6-10(8)14-12-7-13(15(11)14)18(5,16(19)20)17(12,3)4;1-7-8(2)12-6-11(7)9-4-3-5-10(9)12;1-4(2)5(3)6(7)8;2-1-4-3;;;;;/h3*10-15H,6-7H2,1-5H3,(H,19,20);4-5,7-8,11-12H,3,6H2,1-2H3;1-3H3,(H,7,8);1,3H;2*1H4;;;/q;;;;;;;;2*+1;-1/p-1. The summed E-state index contributed by atoms with van der Waals surface area (Å²) in [6.07, 6.45) is 15.0. The minimum absolute atomic E-state index is 0. The first-order valence-electron chi connectivity index (χ1n) is 32.7. The Labute approximate surface area is 576 Å². The number of rotatable bonds is 5. The van der Waals surface area contributed by atoms with E-state index in [-0.39, 0.29) is 98.1 Å². The van der Waals surface area contributed by atoms with Crippen molar-refractivity contribution in [1.29, 1.82) is 0 Å². The summed E-state index contributed by atoms with van der Waals surface area (Å²) in [7, 11) is 0. The molecular formula is C75H114Na2O11. The fourth-order valence-corrected chi connectivity index (χ4v) is 24.8. The molecule has 11 nitrogen and oxygen atoms in total. The largest absolute Gasteiger partial charge is 1.00 e. The maximum atomic E-state index is 12.1. The summed E-state index contributed by atoms with van der Waals surface area (Å²) in [6.45, 7) is 43.2. The molecule has 15 rings (SSSR count). The van der Waals surface area contributed by atoms with E-state index in [0.717, 1.165) is 84.0 Å². The number of aliphatic carboxylic acids is 4. The molecular weight excluding hydrogens is 1120 g/mol. The van der Waals surface area contributed by atoms with Crippen molar-refractivity contribution in [2.75, 3.05) is 0 Å². The molecule has 0 heterocycles. The van der Waals surface area contributed by atoms with Crippen LogP contribution in [0.3, 0.4) is 0 Å². The summed E-state index contributed by atoms with van der Waals surface area (Å²) in [5, 5.41) is 46.5. The van der Waals surface area contributed by atoms with Gasteiger partial charge in [-0.2, -0.15) is 0 Å². The van der Waals surface area contributed by atoms with Gasteiger partial charge in [-0.1, -0.05) is 121 Å². The van der Waals surface area contributed by atoms with Gasteiger partial charge in [-0.15, -0.1) is 0 Å². The number of hydrogen-bond donors (Lipinski definition) is 4. The van der Waals surface area contributed by atoms with Crippen LogP contribution in [0.15, 0.2) is 67.9 Å². The summed E-state index contributed by atoms with van der Waals surface area (Å²) >= 11 is 0. The van der Waals surface area contributed by atoms with Gasteiger partial charge in [-0.25, -0.2) is 4.79 Å². The number of carboxylic acids is 4. The van der Waals surface area contributed by atoms with Gasteiger partial charge in [0.15, 0.2) is 0 Å². The van der Waals surface area contributed by atoms with Gasteiger partial charge in [0.25, 0.3) is 6.47 Å². The Bertz CT molecular complexity index is 2750. The van der Waals surface area contributed by atoms with Gasteiger partial charge in [0.1, 0.15) is 0 Å². The van der Waals surface area contributed by atoms with Crippen LogP contribution in [0, 0.1) is 163 Å². The quantitative estimate of drug-likeness (QED) is 0.0389. The molecule has 0 spiro atoms. The van der Waals surface area contributed by atoms with Crippen LogP contribution in [0.25, 0.3) is 0 Å². The first kappa shape index (κ1) is 74.8. The summed E-state index contributed by atoms with van der Waals surface area (Å²) < 4.78 is 0. The second kappa shape index (κ2) is 25.1. The van der Waals surface area contributed by atoms with Crippen molar-refractivity contribution in [2.24, 2.45) is 163 Å². The Hall–Kier alpha value is -2.25. The van der Waals surface area contributed by atoms with Gasteiger partial charge in [0.05, 0.1) is 16.2 Å². The summed E-state index contributed by atoms with van der Waals surface area (Å²) in [5.41, 5.74) is 12.6. The Morgan fingerprint density at radius 1 is 0.455 bits per heavy atom. The van der Waals surface area contributed by atoms with Crippen molar-refractivity contribution >= 4 is 30.3 Å². The Morgan fingerprint density at radius 3 is 0.852 bits per heavy atom. The van der Waals surface area contributed by atoms with Crippen molar-refractivity contribution in [1.82, 2.24) is 0 Å². The topological polar surface area (TPSA) is 199 Å². The fourth-order valence-electron chi connectivity index (χ4n) is 24.8. The van der Waals surface area contributed by atoms with E-state index in [4.69, 9.17) is 15.2 Å². The molecule has 25 unspecified atom stereocenters. The molecule has 11 saturated carbocycles. The number of carboxylic acid groups (broad SMARTS) is 4. The summed E-state index contributed by atoms with van der Waals surface area (Å²) in [6, 6.07) is 0. The average Bonchev–Trinajstić information content (AvgIpc) is 1.52. The molecule has 13 heteroatoms. The fraction of sp³-hybridized carbons (Fsp3) is 0.773. The normalized spacial score (nSPS) is 45.0. The van der Waals surface area contributed by atoms with Crippen LogP contribution in [0.2, 0.25) is 0 Å². The van der Waals surface area contributed by atoms with Gasteiger partial charge in [0, 0.05) is 5.57 Å². The summed E-state index contributed by atoms with van der Waals surface area (Å²) in [5.74, 6) is 12.9. The third-order valence-corrected chi connectivity index (χ3v) is 31.0. The average molecular weight is 1240 g/mol. The van der Waals surface area contributed by atoms with E-state index >= 15 is 0 Å². The van der Waals surface area contributed by atoms with E-state index < -0.39 is 40.1 Å². The van der Waals surface area contributed by atoms with Gasteiger partial charge < -0.3 is 32.0 Å². The minimum Gasteiger partial charge on any atom is -1.00 e. The predicted molar refractivity (Wildman–Crippen MR) is 338 cm³/mol. The van der Waals surface area contributed by atoms with Crippen LogP contribution >= 0.6 is 0 Å². The molecule has 14 bridgehead atoms. The van der Waals surface area contributed by atoms with Crippen LogP contribution in [-0.2, 0) is 28.9 Å². The molecule has 4 N–H and O–H groups in total. The van der Waals surface area contributed by atoms with Crippen molar-refractivity contribution in [3.8, 4) is 0 Å². The maximum Gasteiger partial charge on any atom is 1.00 e. The van der Waals surface area contributed by atoms with Crippen molar-refractivity contribution in [3.63, 3.8) is 0 Å². The van der Waals surface area contributed by atoms with E-state index in [1.807, 2.05) is 20.8 Å². The zero-order valence-electron chi connectivity index (χ0n) is 57.7. The minimum atomic E-state index is -0.829. The van der Waals surface area contributed by atoms with Crippen molar-refractivity contribution in [2.45, 2.75) is 205 Å². The summed E-state index contributed by atoms with van der Waals surface area (Å²) in [4.78, 5) is 57.5. The predicted octanol–water partition coefficient (Wildman–Crippen LogP) is 10.3. The molecule has 0 saturated heterocycles. The van der Waals surface area contributed by atoms with Crippen LogP contribution in [0.5, 0.6) is 0 Å². The molecule has 0 amide bonds. The third-order valence-electron chi connectivity index (χ3n) is 31.0. The third kappa shape index (κ3) is 9.81. The SMILES string of the molecule is C.C.CC(C)=C(C)C(=O)O.CC1=C(C)C2CC1C1C2C2CC1C(C)(C)C2(C)C(=O)O.CC1=C(C)C2CC1C1C2C2CC1C(C)(C)C2(C)C(=O)O.CC1=C(C)C2CC1C1C2C2CC1C(C)(C)C2(C)C(=O)O.CC1C2CC(C3=CCC=C32)C1C.O=CO[O-].[H-].[Na+].[Na+]. The molecule has 88 heavy (non-hydrogen) atoms. The van der Waals surface area contributed by atoms with Gasteiger partial charge in [-0.3, -0.25) is 19.2 Å². The Balaban J connectivity index is 0.000000202.